The number of hydrogen-bond acceptors (Lipinski definition) is 3. The summed E-state index contributed by atoms with van der Waals surface area (Å²) in [7, 11) is 0. The molecule has 114 valence electrons. The van der Waals surface area contributed by atoms with Gasteiger partial charge in [0, 0.05) is 11.7 Å². The van der Waals surface area contributed by atoms with Crippen LogP contribution in [0.15, 0.2) is 18.2 Å². The molecule has 1 aliphatic heterocycles. The van der Waals surface area contributed by atoms with E-state index in [0.717, 1.165) is 17.1 Å². The third kappa shape index (κ3) is 3.49. The van der Waals surface area contributed by atoms with Crippen molar-refractivity contribution in [3.05, 3.63) is 18.2 Å². The molecule has 0 spiro atoms. The Kier molecular flexibility index (Phi) is 3.79. The van der Waals surface area contributed by atoms with Gasteiger partial charge in [0.1, 0.15) is 5.75 Å². The molecule has 21 heavy (non-hydrogen) atoms. The van der Waals surface area contributed by atoms with E-state index in [4.69, 9.17) is 4.74 Å². The highest BCUT2D eigenvalue weighted by Gasteiger charge is 2.24. The van der Waals surface area contributed by atoms with Crippen LogP contribution in [0, 0.1) is 5.41 Å². The van der Waals surface area contributed by atoms with Crippen molar-refractivity contribution in [1.82, 2.24) is 0 Å². The van der Waals surface area contributed by atoms with Crippen molar-refractivity contribution >= 4 is 17.3 Å². The highest BCUT2D eigenvalue weighted by Crippen LogP contribution is 2.36. The summed E-state index contributed by atoms with van der Waals surface area (Å²) in [6, 6.07) is 6.46. The number of hydrogen-bond donors (Lipinski definition) is 2. The van der Waals surface area contributed by atoms with Gasteiger partial charge in [-0.05, 0) is 49.3 Å². The highest BCUT2D eigenvalue weighted by molar-refractivity contribution is 5.96. The minimum Gasteiger partial charge on any atom is -0.482 e. The first kappa shape index (κ1) is 14.2. The Balaban J connectivity index is 1.68. The fourth-order valence-corrected chi connectivity index (χ4v) is 3.21. The van der Waals surface area contributed by atoms with Crippen LogP contribution in [0.4, 0.5) is 11.4 Å². The molecular weight excluding hydrogens is 264 g/mol. The van der Waals surface area contributed by atoms with E-state index in [1.165, 1.54) is 32.1 Å². The van der Waals surface area contributed by atoms with Crippen molar-refractivity contribution in [2.75, 3.05) is 17.2 Å². The fraction of sp³-hybridized carbons (Fsp3) is 0.588. The van der Waals surface area contributed by atoms with Crippen LogP contribution in [0.1, 0.15) is 46.0 Å². The number of carbonyl (C=O) groups excluding carboxylic acids is 1. The van der Waals surface area contributed by atoms with Gasteiger partial charge in [0.15, 0.2) is 6.61 Å². The van der Waals surface area contributed by atoms with Crippen LogP contribution in [0.2, 0.25) is 0 Å². The van der Waals surface area contributed by atoms with Gasteiger partial charge in [0.25, 0.3) is 5.91 Å². The van der Waals surface area contributed by atoms with Gasteiger partial charge in [-0.2, -0.15) is 0 Å². The summed E-state index contributed by atoms with van der Waals surface area (Å²) in [6.45, 7) is 4.83. The molecule has 2 N–H and O–H groups in total. The van der Waals surface area contributed by atoms with Gasteiger partial charge in [-0.1, -0.05) is 20.3 Å². The quantitative estimate of drug-likeness (QED) is 0.814. The number of anilines is 2. The molecule has 1 atom stereocenters. The van der Waals surface area contributed by atoms with E-state index in [2.05, 4.69) is 24.5 Å². The second-order valence-corrected chi connectivity index (χ2v) is 6.98. The van der Waals surface area contributed by atoms with Crippen molar-refractivity contribution in [3.63, 3.8) is 0 Å². The van der Waals surface area contributed by atoms with Crippen molar-refractivity contribution in [3.8, 4) is 5.75 Å². The predicted molar refractivity (Wildman–Crippen MR) is 84.8 cm³/mol. The molecule has 1 aromatic rings. The minimum absolute atomic E-state index is 0.0872. The third-order valence-corrected chi connectivity index (χ3v) is 4.56. The van der Waals surface area contributed by atoms with E-state index in [9.17, 15) is 4.79 Å². The topological polar surface area (TPSA) is 50.4 Å². The summed E-state index contributed by atoms with van der Waals surface area (Å²) < 4.78 is 5.39. The smallest absolute Gasteiger partial charge is 0.262 e. The lowest BCUT2D eigenvalue weighted by molar-refractivity contribution is -0.118. The summed E-state index contributed by atoms with van der Waals surface area (Å²) in [5.74, 6) is 0.665. The molecule has 0 bridgehead atoms. The van der Waals surface area contributed by atoms with E-state index in [1.54, 1.807) is 0 Å². The van der Waals surface area contributed by atoms with Crippen LogP contribution in [-0.2, 0) is 4.79 Å². The Hall–Kier alpha value is -1.71. The first-order valence-corrected chi connectivity index (χ1v) is 7.85. The molecule has 0 radical (unpaired) electrons. The molecular formula is C17H24N2O2. The molecule has 1 amide bonds. The molecule has 0 saturated heterocycles. The monoisotopic (exact) mass is 288 g/mol. The molecule has 1 saturated carbocycles. The maximum atomic E-state index is 11.4. The largest absolute Gasteiger partial charge is 0.482 e. The molecule has 4 heteroatoms. The zero-order valence-corrected chi connectivity index (χ0v) is 12.9. The lowest BCUT2D eigenvalue weighted by Crippen LogP contribution is -2.25. The van der Waals surface area contributed by atoms with E-state index in [-0.39, 0.29) is 12.5 Å². The number of carbonyl (C=O) groups is 1. The zero-order chi connectivity index (χ0) is 14.9. The average molecular weight is 288 g/mol. The summed E-state index contributed by atoms with van der Waals surface area (Å²) in [4.78, 5) is 11.4. The van der Waals surface area contributed by atoms with E-state index < -0.39 is 0 Å². The maximum absolute atomic E-state index is 11.4. The number of amides is 1. The standard InChI is InChI=1S/C17H24N2O2/c1-17(2)8-3-4-12(7-9-17)18-13-5-6-15-14(10-13)19-16(20)11-21-15/h5-6,10,12,18H,3-4,7-9,11H2,1-2H3,(H,19,20). The van der Waals surface area contributed by atoms with Crippen LogP contribution in [-0.4, -0.2) is 18.6 Å². The highest BCUT2D eigenvalue weighted by atomic mass is 16.5. The van der Waals surface area contributed by atoms with Gasteiger partial charge in [-0.3, -0.25) is 4.79 Å². The van der Waals surface area contributed by atoms with Crippen molar-refractivity contribution in [1.29, 1.82) is 0 Å². The molecule has 1 unspecified atom stereocenters. The number of ether oxygens (including phenoxy) is 1. The average Bonchev–Trinajstić information content (AvgIpc) is 2.60. The third-order valence-electron chi connectivity index (χ3n) is 4.56. The Labute approximate surface area is 126 Å². The van der Waals surface area contributed by atoms with Crippen LogP contribution in [0.3, 0.4) is 0 Å². The Bertz CT molecular complexity index is 540. The molecule has 1 heterocycles. The summed E-state index contributed by atoms with van der Waals surface area (Å²) >= 11 is 0. The number of nitrogens with one attached hydrogen (secondary N) is 2. The van der Waals surface area contributed by atoms with Crippen molar-refractivity contribution in [2.45, 2.75) is 52.0 Å². The van der Waals surface area contributed by atoms with Crippen LogP contribution in [0.5, 0.6) is 5.75 Å². The SMILES string of the molecule is CC1(C)CCCC(Nc2ccc3c(c2)NC(=O)CO3)CC1. The van der Waals surface area contributed by atoms with Gasteiger partial charge in [0.05, 0.1) is 5.69 Å². The number of fused-ring (bicyclic) bond motifs is 1. The molecule has 1 aromatic carbocycles. The summed E-state index contributed by atoms with van der Waals surface area (Å²) in [5.41, 5.74) is 2.29. The zero-order valence-electron chi connectivity index (χ0n) is 12.9. The van der Waals surface area contributed by atoms with E-state index >= 15 is 0 Å². The fourth-order valence-electron chi connectivity index (χ4n) is 3.21. The Morgan fingerprint density at radius 2 is 2.14 bits per heavy atom. The Morgan fingerprint density at radius 3 is 3.00 bits per heavy atom. The normalized spacial score (nSPS) is 24.3. The molecule has 0 aromatic heterocycles. The Morgan fingerprint density at radius 1 is 1.29 bits per heavy atom. The maximum Gasteiger partial charge on any atom is 0.262 e. The van der Waals surface area contributed by atoms with Gasteiger partial charge in [-0.25, -0.2) is 0 Å². The van der Waals surface area contributed by atoms with Gasteiger partial charge in [-0.15, -0.1) is 0 Å². The molecule has 1 fully saturated rings. The van der Waals surface area contributed by atoms with Gasteiger partial charge < -0.3 is 15.4 Å². The van der Waals surface area contributed by atoms with E-state index in [1.807, 2.05) is 18.2 Å². The molecule has 4 nitrogen and oxygen atoms in total. The van der Waals surface area contributed by atoms with Gasteiger partial charge >= 0.3 is 0 Å². The van der Waals surface area contributed by atoms with Crippen LogP contribution < -0.4 is 15.4 Å². The summed E-state index contributed by atoms with van der Waals surface area (Å²) in [5, 5.41) is 6.48. The summed E-state index contributed by atoms with van der Waals surface area (Å²) in [6.07, 6.45) is 6.25. The lowest BCUT2D eigenvalue weighted by Gasteiger charge is -2.23. The minimum atomic E-state index is -0.0872. The predicted octanol–water partition coefficient (Wildman–Crippen LogP) is 3.79. The van der Waals surface area contributed by atoms with Crippen molar-refractivity contribution in [2.24, 2.45) is 5.41 Å². The molecule has 2 aliphatic rings. The first-order valence-electron chi connectivity index (χ1n) is 7.85. The second kappa shape index (κ2) is 5.58. The van der Waals surface area contributed by atoms with E-state index in [0.29, 0.717) is 11.5 Å². The number of benzene rings is 1. The first-order chi connectivity index (χ1) is 10.0. The van der Waals surface area contributed by atoms with Crippen molar-refractivity contribution < 1.29 is 9.53 Å². The second-order valence-electron chi connectivity index (χ2n) is 6.98. The molecule has 1 aliphatic carbocycles. The van der Waals surface area contributed by atoms with Crippen LogP contribution in [0.25, 0.3) is 0 Å². The van der Waals surface area contributed by atoms with Crippen LogP contribution >= 0.6 is 0 Å². The lowest BCUT2D eigenvalue weighted by atomic mass is 9.85. The molecule has 3 rings (SSSR count). The number of rotatable bonds is 2. The van der Waals surface area contributed by atoms with Gasteiger partial charge in [0.2, 0.25) is 0 Å².